The number of nitrogens with one attached hydrogen (secondary N) is 2. The molecule has 0 aliphatic carbocycles. The molecule has 166 valence electrons. The van der Waals surface area contributed by atoms with Gasteiger partial charge in [-0.2, -0.15) is 0 Å². The van der Waals surface area contributed by atoms with Crippen LogP contribution in [0.2, 0.25) is 0 Å². The third kappa shape index (κ3) is 6.06. The van der Waals surface area contributed by atoms with E-state index in [0.717, 1.165) is 51.1 Å². The zero-order valence-corrected chi connectivity index (χ0v) is 18.4. The van der Waals surface area contributed by atoms with E-state index < -0.39 is 6.10 Å². The van der Waals surface area contributed by atoms with Gasteiger partial charge in [0.2, 0.25) is 0 Å². The first-order chi connectivity index (χ1) is 15.1. The van der Waals surface area contributed by atoms with Gasteiger partial charge in [-0.1, -0.05) is 30.3 Å². The van der Waals surface area contributed by atoms with Crippen molar-refractivity contribution in [1.82, 2.24) is 15.1 Å². The number of hydrogen-bond acceptors (Lipinski definition) is 5. The first-order valence-corrected chi connectivity index (χ1v) is 11.4. The number of carbonyl (C=O) groups excluding carboxylic acids is 1. The van der Waals surface area contributed by atoms with Gasteiger partial charge in [-0.05, 0) is 68.7 Å². The lowest BCUT2D eigenvalue weighted by molar-refractivity contribution is 0.0842. The zero-order chi connectivity index (χ0) is 21.6. The Morgan fingerprint density at radius 2 is 1.87 bits per heavy atom. The van der Waals surface area contributed by atoms with Crippen molar-refractivity contribution in [3.8, 4) is 0 Å². The number of anilines is 1. The molecule has 2 aliphatic heterocycles. The van der Waals surface area contributed by atoms with Crippen LogP contribution < -0.4 is 10.6 Å². The Morgan fingerprint density at radius 1 is 1.10 bits per heavy atom. The van der Waals surface area contributed by atoms with Crippen molar-refractivity contribution in [2.24, 2.45) is 0 Å². The number of rotatable bonds is 7. The minimum atomic E-state index is -0.588. The van der Waals surface area contributed by atoms with E-state index in [4.69, 9.17) is 0 Å². The van der Waals surface area contributed by atoms with Crippen LogP contribution >= 0.6 is 0 Å². The Bertz CT molecular complexity index is 879. The van der Waals surface area contributed by atoms with Crippen LogP contribution in [0, 0.1) is 0 Å². The lowest BCUT2D eigenvalue weighted by Crippen LogP contribution is -2.42. The van der Waals surface area contributed by atoms with E-state index >= 15 is 0 Å². The summed E-state index contributed by atoms with van der Waals surface area (Å²) in [5.41, 5.74) is 4.33. The molecule has 2 aromatic carbocycles. The summed E-state index contributed by atoms with van der Waals surface area (Å²) in [4.78, 5) is 17.2. The average Bonchev–Trinajstić information content (AvgIpc) is 2.79. The molecule has 6 nitrogen and oxygen atoms in total. The summed E-state index contributed by atoms with van der Waals surface area (Å²) in [6, 6.07) is 16.6. The molecule has 3 N–H and O–H groups in total. The smallest absolute Gasteiger partial charge is 0.251 e. The van der Waals surface area contributed by atoms with E-state index in [2.05, 4.69) is 51.7 Å². The van der Waals surface area contributed by atoms with Crippen molar-refractivity contribution in [2.75, 3.05) is 45.1 Å². The number of amides is 1. The van der Waals surface area contributed by atoms with Gasteiger partial charge in [-0.25, -0.2) is 0 Å². The number of piperidine rings is 1. The van der Waals surface area contributed by atoms with Gasteiger partial charge in [0.05, 0.1) is 6.10 Å². The second-order valence-electron chi connectivity index (χ2n) is 8.92. The maximum Gasteiger partial charge on any atom is 0.251 e. The van der Waals surface area contributed by atoms with Crippen molar-refractivity contribution in [1.29, 1.82) is 0 Å². The Hall–Kier alpha value is -2.41. The summed E-state index contributed by atoms with van der Waals surface area (Å²) < 4.78 is 0. The molecule has 1 amide bonds. The first kappa shape index (κ1) is 21.8. The lowest BCUT2D eigenvalue weighted by Gasteiger charge is -2.30. The van der Waals surface area contributed by atoms with E-state index in [1.54, 1.807) is 0 Å². The molecule has 4 rings (SSSR count). The van der Waals surface area contributed by atoms with Gasteiger partial charge in [-0.15, -0.1) is 0 Å². The molecule has 6 heteroatoms. The first-order valence-electron chi connectivity index (χ1n) is 11.4. The Balaban J connectivity index is 1.24. The third-order valence-corrected chi connectivity index (χ3v) is 6.39. The molecular weight excluding hydrogens is 388 g/mol. The second kappa shape index (κ2) is 10.3. The van der Waals surface area contributed by atoms with Crippen molar-refractivity contribution < 1.29 is 9.90 Å². The quantitative estimate of drug-likeness (QED) is 0.639. The Morgan fingerprint density at radius 3 is 2.68 bits per heavy atom. The van der Waals surface area contributed by atoms with E-state index in [0.29, 0.717) is 18.2 Å². The number of likely N-dealkylation sites (tertiary alicyclic amines) is 1. The van der Waals surface area contributed by atoms with Crippen molar-refractivity contribution in [2.45, 2.75) is 38.0 Å². The molecule has 0 spiro atoms. The fraction of sp³-hybridized carbons (Fsp3) is 0.480. The summed E-state index contributed by atoms with van der Waals surface area (Å²) in [6.45, 7) is 4.80. The van der Waals surface area contributed by atoms with Gasteiger partial charge >= 0.3 is 0 Å². The molecule has 2 aromatic rings. The number of hydrogen-bond donors (Lipinski definition) is 3. The normalized spacial score (nSPS) is 18.9. The molecule has 2 aliphatic rings. The van der Waals surface area contributed by atoms with E-state index in [-0.39, 0.29) is 12.5 Å². The highest BCUT2D eigenvalue weighted by Gasteiger charge is 2.19. The maximum atomic E-state index is 12.6. The standard InChI is InChI=1S/C25H34N4O2/c1-28-12-10-22(11-13-28)27-23-8-4-7-20(15-23)25(31)26-16-24(30)18-29-14-9-19-5-2-3-6-21(19)17-29/h2-8,15,22,24,27,30H,9-14,16-18H2,1H3,(H,26,31). The van der Waals surface area contributed by atoms with E-state index in [9.17, 15) is 9.90 Å². The van der Waals surface area contributed by atoms with Gasteiger partial charge in [0.25, 0.3) is 5.91 Å². The maximum absolute atomic E-state index is 12.6. The molecule has 0 radical (unpaired) electrons. The molecule has 0 aromatic heterocycles. The minimum Gasteiger partial charge on any atom is -0.390 e. The van der Waals surface area contributed by atoms with Gasteiger partial charge < -0.3 is 20.6 Å². The molecule has 1 saturated heterocycles. The molecule has 1 fully saturated rings. The summed E-state index contributed by atoms with van der Waals surface area (Å²) in [5.74, 6) is -0.143. The number of β-amino-alcohol motifs (C(OH)–C–C–N with tert-alkyl or cyclic N) is 1. The lowest BCUT2D eigenvalue weighted by atomic mass is 10.00. The van der Waals surface area contributed by atoms with Gasteiger partial charge in [0.15, 0.2) is 0 Å². The molecule has 31 heavy (non-hydrogen) atoms. The van der Waals surface area contributed by atoms with E-state index in [1.165, 1.54) is 11.1 Å². The number of carbonyl (C=O) groups is 1. The predicted molar refractivity (Wildman–Crippen MR) is 124 cm³/mol. The number of benzene rings is 2. The van der Waals surface area contributed by atoms with Crippen LogP contribution in [0.3, 0.4) is 0 Å². The van der Waals surface area contributed by atoms with Crippen LogP contribution in [0.4, 0.5) is 5.69 Å². The minimum absolute atomic E-state index is 0.143. The number of fused-ring (bicyclic) bond motifs is 1. The van der Waals surface area contributed by atoms with Gasteiger partial charge in [-0.3, -0.25) is 9.69 Å². The number of aliphatic hydroxyl groups is 1. The SMILES string of the molecule is CN1CCC(Nc2cccc(C(=O)NCC(O)CN3CCc4ccccc4C3)c2)CC1. The largest absolute Gasteiger partial charge is 0.390 e. The summed E-state index contributed by atoms with van der Waals surface area (Å²) in [6.07, 6.45) is 2.64. The zero-order valence-electron chi connectivity index (χ0n) is 18.4. The van der Waals surface area contributed by atoms with Crippen molar-refractivity contribution >= 4 is 11.6 Å². The molecular formula is C25H34N4O2. The van der Waals surface area contributed by atoms with Crippen LogP contribution in [-0.2, 0) is 13.0 Å². The highest BCUT2D eigenvalue weighted by atomic mass is 16.3. The van der Waals surface area contributed by atoms with Crippen molar-refractivity contribution in [3.63, 3.8) is 0 Å². The second-order valence-corrected chi connectivity index (χ2v) is 8.92. The molecule has 2 heterocycles. The molecule has 1 atom stereocenters. The summed E-state index contributed by atoms with van der Waals surface area (Å²) >= 11 is 0. The van der Waals surface area contributed by atoms with Crippen molar-refractivity contribution in [3.05, 3.63) is 65.2 Å². The predicted octanol–water partition coefficient (Wildman–Crippen LogP) is 2.34. The highest BCUT2D eigenvalue weighted by Crippen LogP contribution is 2.19. The monoisotopic (exact) mass is 422 g/mol. The summed E-state index contributed by atoms with van der Waals surface area (Å²) in [5, 5.41) is 16.9. The Kier molecular flexibility index (Phi) is 7.22. The fourth-order valence-corrected chi connectivity index (χ4v) is 4.52. The van der Waals surface area contributed by atoms with Gasteiger partial charge in [0, 0.05) is 43.5 Å². The highest BCUT2D eigenvalue weighted by molar-refractivity contribution is 5.95. The van der Waals surface area contributed by atoms with E-state index in [1.807, 2.05) is 24.3 Å². The fourth-order valence-electron chi connectivity index (χ4n) is 4.52. The molecule has 1 unspecified atom stereocenters. The third-order valence-electron chi connectivity index (χ3n) is 6.39. The van der Waals surface area contributed by atoms with Crippen LogP contribution in [0.25, 0.3) is 0 Å². The average molecular weight is 423 g/mol. The summed E-state index contributed by atoms with van der Waals surface area (Å²) in [7, 11) is 2.15. The topological polar surface area (TPSA) is 67.8 Å². The van der Waals surface area contributed by atoms with Crippen LogP contribution in [0.1, 0.15) is 34.3 Å². The number of nitrogens with zero attached hydrogens (tertiary/aromatic N) is 2. The van der Waals surface area contributed by atoms with Crippen LogP contribution in [0.15, 0.2) is 48.5 Å². The molecule has 0 bridgehead atoms. The number of aliphatic hydroxyl groups excluding tert-OH is 1. The van der Waals surface area contributed by atoms with Gasteiger partial charge in [0.1, 0.15) is 0 Å². The van der Waals surface area contributed by atoms with Crippen LogP contribution in [-0.4, -0.2) is 72.7 Å². The molecule has 0 saturated carbocycles. The Labute approximate surface area is 185 Å². The van der Waals surface area contributed by atoms with Crippen LogP contribution in [0.5, 0.6) is 0 Å².